The minimum absolute atomic E-state index is 0.226. The monoisotopic (exact) mass is 281 g/mol. The van der Waals surface area contributed by atoms with Gasteiger partial charge in [0, 0.05) is 5.70 Å². The summed E-state index contributed by atoms with van der Waals surface area (Å²) in [5, 5.41) is 12.9. The number of para-hydroxylation sites is 2. The van der Waals surface area contributed by atoms with Crippen LogP contribution >= 0.6 is 0 Å². The lowest BCUT2D eigenvalue weighted by atomic mass is 9.90. The Morgan fingerprint density at radius 1 is 1.00 bits per heavy atom. The van der Waals surface area contributed by atoms with Crippen molar-refractivity contribution >= 4 is 11.4 Å². The van der Waals surface area contributed by atoms with Crippen LogP contribution < -0.4 is 5.32 Å². The van der Waals surface area contributed by atoms with E-state index in [4.69, 9.17) is 0 Å². The van der Waals surface area contributed by atoms with Gasteiger partial charge in [0.05, 0.1) is 5.69 Å². The van der Waals surface area contributed by atoms with Gasteiger partial charge >= 0.3 is 0 Å². The first-order valence-corrected chi connectivity index (χ1v) is 7.33. The average Bonchev–Trinajstić information content (AvgIpc) is 2.49. The minimum atomic E-state index is 0.226. The number of rotatable bonds is 5. The van der Waals surface area contributed by atoms with Gasteiger partial charge in [0.15, 0.2) is 0 Å². The zero-order valence-electron chi connectivity index (χ0n) is 12.9. The molecule has 2 aromatic carbocycles. The van der Waals surface area contributed by atoms with Crippen molar-refractivity contribution in [2.24, 2.45) is 5.92 Å². The number of phenols is 1. The van der Waals surface area contributed by atoms with Crippen LogP contribution in [-0.2, 0) is 0 Å². The smallest absolute Gasteiger partial charge is 0.139 e. The van der Waals surface area contributed by atoms with Gasteiger partial charge in [-0.15, -0.1) is 0 Å². The Balaban J connectivity index is 2.12. The predicted octanol–water partition coefficient (Wildman–Crippen LogP) is 5.23. The van der Waals surface area contributed by atoms with Crippen LogP contribution in [0.25, 0.3) is 5.70 Å². The first-order chi connectivity index (χ1) is 9.99. The molecule has 0 aromatic heterocycles. The molecule has 1 unspecified atom stereocenters. The van der Waals surface area contributed by atoms with Gasteiger partial charge < -0.3 is 10.4 Å². The number of anilines is 1. The van der Waals surface area contributed by atoms with Crippen LogP contribution in [0, 0.1) is 5.92 Å². The van der Waals surface area contributed by atoms with Crippen LogP contribution in [-0.4, -0.2) is 5.11 Å². The summed E-state index contributed by atoms with van der Waals surface area (Å²) < 4.78 is 0. The van der Waals surface area contributed by atoms with Crippen molar-refractivity contribution in [2.45, 2.75) is 26.7 Å². The number of benzene rings is 2. The second kappa shape index (κ2) is 6.49. The van der Waals surface area contributed by atoms with E-state index in [-0.39, 0.29) is 5.75 Å². The lowest BCUT2D eigenvalue weighted by Crippen LogP contribution is -2.02. The molecule has 0 fully saturated rings. The fourth-order valence-corrected chi connectivity index (χ4v) is 2.19. The number of hydrogen-bond acceptors (Lipinski definition) is 2. The molecule has 0 bridgehead atoms. The molecule has 0 aliphatic rings. The molecule has 0 aliphatic heterocycles. The predicted molar refractivity (Wildman–Crippen MR) is 90.5 cm³/mol. The zero-order valence-corrected chi connectivity index (χ0v) is 12.9. The Hall–Kier alpha value is -2.22. The molecule has 1 atom stereocenters. The quantitative estimate of drug-likeness (QED) is 0.735. The van der Waals surface area contributed by atoms with E-state index in [1.807, 2.05) is 12.1 Å². The van der Waals surface area contributed by atoms with Crippen molar-refractivity contribution in [3.8, 4) is 5.75 Å². The fraction of sp³-hybridized carbons (Fsp3) is 0.263. The first-order valence-electron chi connectivity index (χ1n) is 7.33. The van der Waals surface area contributed by atoms with E-state index in [0.717, 1.165) is 11.3 Å². The molecule has 0 radical (unpaired) electrons. The van der Waals surface area contributed by atoms with Crippen LogP contribution in [0.15, 0.2) is 55.1 Å². The highest BCUT2D eigenvalue weighted by Gasteiger charge is 2.10. The van der Waals surface area contributed by atoms with Crippen LogP contribution in [0.5, 0.6) is 5.75 Å². The molecule has 2 N–H and O–H groups in total. The summed E-state index contributed by atoms with van der Waals surface area (Å²) >= 11 is 0. The van der Waals surface area contributed by atoms with Crippen molar-refractivity contribution in [2.75, 3.05) is 5.32 Å². The molecule has 0 saturated heterocycles. The standard InChI is InChI=1S/C19H23NO/c1-13(2)14(3)16-9-11-17(12-10-16)15(4)20-18-7-5-6-8-19(18)21/h5-14,20-21H,4H2,1-3H3. The number of aromatic hydroxyl groups is 1. The number of nitrogens with one attached hydrogen (secondary N) is 1. The van der Waals surface area contributed by atoms with Gasteiger partial charge in [0.1, 0.15) is 5.75 Å². The molecule has 2 rings (SSSR count). The molecule has 2 aromatic rings. The molecule has 110 valence electrons. The van der Waals surface area contributed by atoms with Crippen LogP contribution in [0.2, 0.25) is 0 Å². The number of phenolic OH excluding ortho intramolecular Hbond substituents is 1. The second-order valence-electron chi connectivity index (χ2n) is 5.78. The Morgan fingerprint density at radius 3 is 2.19 bits per heavy atom. The summed E-state index contributed by atoms with van der Waals surface area (Å²) in [6.45, 7) is 10.8. The summed E-state index contributed by atoms with van der Waals surface area (Å²) in [5.74, 6) is 1.39. The van der Waals surface area contributed by atoms with Crippen LogP contribution in [0.3, 0.4) is 0 Å². The van der Waals surface area contributed by atoms with E-state index in [0.29, 0.717) is 17.5 Å². The Kier molecular flexibility index (Phi) is 4.69. The fourth-order valence-electron chi connectivity index (χ4n) is 2.19. The van der Waals surface area contributed by atoms with Gasteiger partial charge in [-0.2, -0.15) is 0 Å². The third kappa shape index (κ3) is 3.66. The van der Waals surface area contributed by atoms with Gasteiger partial charge in [0.2, 0.25) is 0 Å². The van der Waals surface area contributed by atoms with E-state index >= 15 is 0 Å². The minimum Gasteiger partial charge on any atom is -0.506 e. The van der Waals surface area contributed by atoms with Gasteiger partial charge in [-0.3, -0.25) is 0 Å². The van der Waals surface area contributed by atoms with Crippen molar-refractivity contribution in [3.05, 3.63) is 66.2 Å². The highest BCUT2D eigenvalue weighted by molar-refractivity contribution is 5.77. The topological polar surface area (TPSA) is 32.3 Å². The van der Waals surface area contributed by atoms with E-state index in [9.17, 15) is 5.11 Å². The van der Waals surface area contributed by atoms with Crippen molar-refractivity contribution in [3.63, 3.8) is 0 Å². The number of hydrogen-bond donors (Lipinski definition) is 2. The van der Waals surface area contributed by atoms with Gasteiger partial charge in [-0.05, 0) is 35.1 Å². The summed E-state index contributed by atoms with van der Waals surface area (Å²) in [5.41, 5.74) is 3.81. The Bertz CT molecular complexity index is 614. The maximum Gasteiger partial charge on any atom is 0.139 e. The third-order valence-corrected chi connectivity index (χ3v) is 3.97. The molecule has 0 spiro atoms. The SMILES string of the molecule is C=C(Nc1ccccc1O)c1ccc(C(C)C(C)C)cc1. The maximum atomic E-state index is 9.78. The molecule has 0 saturated carbocycles. The van der Waals surface area contributed by atoms with E-state index < -0.39 is 0 Å². The Morgan fingerprint density at radius 2 is 1.62 bits per heavy atom. The van der Waals surface area contributed by atoms with Crippen LogP contribution in [0.1, 0.15) is 37.8 Å². The van der Waals surface area contributed by atoms with E-state index in [2.05, 4.69) is 56.9 Å². The molecular weight excluding hydrogens is 258 g/mol. The largest absolute Gasteiger partial charge is 0.506 e. The molecule has 0 amide bonds. The molecule has 2 nitrogen and oxygen atoms in total. The summed E-state index contributed by atoms with van der Waals surface area (Å²) in [4.78, 5) is 0. The first kappa shape index (κ1) is 15.2. The highest BCUT2D eigenvalue weighted by atomic mass is 16.3. The molecule has 21 heavy (non-hydrogen) atoms. The van der Waals surface area contributed by atoms with Crippen molar-refractivity contribution in [1.29, 1.82) is 0 Å². The normalized spacial score (nSPS) is 12.2. The van der Waals surface area contributed by atoms with E-state index in [1.165, 1.54) is 5.56 Å². The lowest BCUT2D eigenvalue weighted by Gasteiger charge is -2.17. The average molecular weight is 281 g/mol. The Labute approximate surface area is 127 Å². The summed E-state index contributed by atoms with van der Waals surface area (Å²) in [6.07, 6.45) is 0. The molecule has 0 heterocycles. The molecular formula is C19H23NO. The lowest BCUT2D eigenvalue weighted by molar-refractivity contribution is 0.478. The van der Waals surface area contributed by atoms with Gasteiger partial charge in [-0.25, -0.2) is 0 Å². The molecule has 0 aliphatic carbocycles. The third-order valence-electron chi connectivity index (χ3n) is 3.97. The van der Waals surface area contributed by atoms with Gasteiger partial charge in [-0.1, -0.05) is 63.7 Å². The highest BCUT2D eigenvalue weighted by Crippen LogP contribution is 2.27. The second-order valence-corrected chi connectivity index (χ2v) is 5.78. The molecule has 2 heteroatoms. The summed E-state index contributed by atoms with van der Waals surface area (Å²) in [7, 11) is 0. The van der Waals surface area contributed by atoms with Crippen molar-refractivity contribution < 1.29 is 5.11 Å². The van der Waals surface area contributed by atoms with Crippen LogP contribution in [0.4, 0.5) is 5.69 Å². The zero-order chi connectivity index (χ0) is 15.4. The maximum absolute atomic E-state index is 9.78. The summed E-state index contributed by atoms with van der Waals surface area (Å²) in [6, 6.07) is 15.6. The van der Waals surface area contributed by atoms with Gasteiger partial charge in [0.25, 0.3) is 0 Å². The van der Waals surface area contributed by atoms with E-state index in [1.54, 1.807) is 12.1 Å². The van der Waals surface area contributed by atoms with Crippen molar-refractivity contribution in [1.82, 2.24) is 0 Å².